The van der Waals surface area contributed by atoms with Gasteiger partial charge in [0.1, 0.15) is 0 Å². The van der Waals surface area contributed by atoms with Crippen LogP contribution in [0.4, 0.5) is 0 Å². The highest BCUT2D eigenvalue weighted by Crippen LogP contribution is 2.24. The number of nitrogens with zero attached hydrogens (tertiary/aromatic N) is 3. The minimum Gasteiger partial charge on any atom is -0.342 e. The lowest BCUT2D eigenvalue weighted by molar-refractivity contribution is -0.135. The number of likely N-dealkylation sites (tertiary alicyclic amines) is 2. The lowest BCUT2D eigenvalue weighted by Crippen LogP contribution is -2.44. The van der Waals surface area contributed by atoms with Crippen LogP contribution in [0, 0.1) is 11.8 Å². The molecule has 0 bridgehead atoms. The van der Waals surface area contributed by atoms with Gasteiger partial charge in [0.15, 0.2) is 0 Å². The maximum absolute atomic E-state index is 12.8. The average molecular weight is 386 g/mol. The molecule has 2 fully saturated rings. The standard InChI is InChI=1S/C23H35N3O2/c1-24(2)17-21-9-6-12-26(18-21)23(28)16-20-10-13-25(14-11-20)22(27)15-19-7-4-3-5-8-19/h3-5,7-8,20-21H,6,9-18H2,1-2H3/t21-/m1/s1. The fourth-order valence-corrected chi connectivity index (χ4v) is 4.60. The van der Waals surface area contributed by atoms with Gasteiger partial charge in [0.25, 0.3) is 0 Å². The van der Waals surface area contributed by atoms with E-state index in [1.165, 1.54) is 6.42 Å². The second-order valence-electron chi connectivity index (χ2n) is 8.80. The second kappa shape index (κ2) is 10.1. The zero-order valence-corrected chi connectivity index (χ0v) is 17.5. The van der Waals surface area contributed by atoms with Crippen LogP contribution in [0.3, 0.4) is 0 Å². The van der Waals surface area contributed by atoms with E-state index in [1.54, 1.807) is 0 Å². The third-order valence-corrected chi connectivity index (χ3v) is 6.12. The SMILES string of the molecule is CN(C)C[C@H]1CCCN(C(=O)CC2CCN(C(=O)Cc3ccccc3)CC2)C1. The van der Waals surface area contributed by atoms with Crippen LogP contribution in [-0.4, -0.2) is 73.3 Å². The first-order valence-electron chi connectivity index (χ1n) is 10.8. The summed E-state index contributed by atoms with van der Waals surface area (Å²) in [6.07, 6.45) is 5.36. The molecule has 1 aromatic rings. The maximum Gasteiger partial charge on any atom is 0.226 e. The highest BCUT2D eigenvalue weighted by Gasteiger charge is 2.28. The largest absolute Gasteiger partial charge is 0.342 e. The molecule has 2 amide bonds. The third-order valence-electron chi connectivity index (χ3n) is 6.12. The van der Waals surface area contributed by atoms with Crippen molar-refractivity contribution in [3.63, 3.8) is 0 Å². The van der Waals surface area contributed by atoms with Gasteiger partial charge in [-0.2, -0.15) is 0 Å². The first-order valence-corrected chi connectivity index (χ1v) is 10.8. The summed E-state index contributed by atoms with van der Waals surface area (Å²) >= 11 is 0. The van der Waals surface area contributed by atoms with E-state index in [9.17, 15) is 9.59 Å². The molecule has 0 radical (unpaired) electrons. The summed E-state index contributed by atoms with van der Waals surface area (Å²) in [4.78, 5) is 31.6. The molecule has 2 aliphatic rings. The Bertz CT molecular complexity index is 639. The van der Waals surface area contributed by atoms with Crippen molar-refractivity contribution in [1.29, 1.82) is 0 Å². The lowest BCUT2D eigenvalue weighted by atomic mass is 9.91. The van der Waals surface area contributed by atoms with Crippen LogP contribution in [0.5, 0.6) is 0 Å². The second-order valence-corrected chi connectivity index (χ2v) is 8.80. The molecule has 2 aliphatic heterocycles. The predicted octanol–water partition coefficient (Wildman–Crippen LogP) is 2.66. The summed E-state index contributed by atoms with van der Waals surface area (Å²) in [5.74, 6) is 1.55. The van der Waals surface area contributed by atoms with Crippen molar-refractivity contribution in [2.24, 2.45) is 11.8 Å². The number of hydrogen-bond donors (Lipinski definition) is 0. The fourth-order valence-electron chi connectivity index (χ4n) is 4.60. The molecule has 154 valence electrons. The van der Waals surface area contributed by atoms with E-state index in [-0.39, 0.29) is 5.91 Å². The molecule has 0 N–H and O–H groups in total. The van der Waals surface area contributed by atoms with E-state index in [4.69, 9.17) is 0 Å². The minimum atomic E-state index is 0.207. The molecule has 1 aromatic carbocycles. The van der Waals surface area contributed by atoms with E-state index >= 15 is 0 Å². The van der Waals surface area contributed by atoms with Crippen LogP contribution in [0.2, 0.25) is 0 Å². The van der Waals surface area contributed by atoms with Gasteiger partial charge in [0, 0.05) is 39.1 Å². The van der Waals surface area contributed by atoms with E-state index < -0.39 is 0 Å². The summed E-state index contributed by atoms with van der Waals surface area (Å²) in [5.41, 5.74) is 1.07. The molecule has 5 nitrogen and oxygen atoms in total. The Morgan fingerprint density at radius 1 is 0.929 bits per heavy atom. The molecule has 0 saturated carbocycles. The molecule has 2 heterocycles. The molecule has 2 saturated heterocycles. The number of amides is 2. The van der Waals surface area contributed by atoms with Gasteiger partial charge >= 0.3 is 0 Å². The van der Waals surface area contributed by atoms with Gasteiger partial charge in [-0.25, -0.2) is 0 Å². The molecular formula is C23H35N3O2. The van der Waals surface area contributed by atoms with Crippen molar-refractivity contribution in [3.05, 3.63) is 35.9 Å². The van der Waals surface area contributed by atoms with Crippen molar-refractivity contribution in [1.82, 2.24) is 14.7 Å². The van der Waals surface area contributed by atoms with Gasteiger partial charge in [-0.05, 0) is 57.2 Å². The number of hydrogen-bond acceptors (Lipinski definition) is 3. The first-order chi connectivity index (χ1) is 13.5. The van der Waals surface area contributed by atoms with Crippen LogP contribution in [0.1, 0.15) is 37.7 Å². The molecule has 5 heteroatoms. The van der Waals surface area contributed by atoms with E-state index in [2.05, 4.69) is 23.9 Å². The topological polar surface area (TPSA) is 43.9 Å². The van der Waals surface area contributed by atoms with Crippen LogP contribution in [0.25, 0.3) is 0 Å². The van der Waals surface area contributed by atoms with E-state index in [1.807, 2.05) is 35.2 Å². The minimum absolute atomic E-state index is 0.207. The quantitative estimate of drug-likeness (QED) is 0.756. The number of piperidine rings is 2. The van der Waals surface area contributed by atoms with Gasteiger partial charge in [0.05, 0.1) is 6.42 Å². The van der Waals surface area contributed by atoms with Crippen molar-refractivity contribution in [2.45, 2.75) is 38.5 Å². The normalized spacial score (nSPS) is 21.2. The Morgan fingerprint density at radius 2 is 1.64 bits per heavy atom. The Balaban J connectivity index is 1.41. The Labute approximate surface area is 169 Å². The summed E-state index contributed by atoms with van der Waals surface area (Å²) < 4.78 is 0. The monoisotopic (exact) mass is 385 g/mol. The van der Waals surface area contributed by atoms with Crippen LogP contribution < -0.4 is 0 Å². The number of rotatable bonds is 6. The van der Waals surface area contributed by atoms with Gasteiger partial charge in [-0.1, -0.05) is 30.3 Å². The van der Waals surface area contributed by atoms with Crippen molar-refractivity contribution < 1.29 is 9.59 Å². The van der Waals surface area contributed by atoms with Crippen LogP contribution in [0.15, 0.2) is 30.3 Å². The number of benzene rings is 1. The van der Waals surface area contributed by atoms with E-state index in [0.717, 1.165) is 57.5 Å². The van der Waals surface area contributed by atoms with E-state index in [0.29, 0.717) is 30.6 Å². The van der Waals surface area contributed by atoms with Crippen LogP contribution in [-0.2, 0) is 16.0 Å². The van der Waals surface area contributed by atoms with Crippen LogP contribution >= 0.6 is 0 Å². The smallest absolute Gasteiger partial charge is 0.226 e. The van der Waals surface area contributed by atoms with Gasteiger partial charge in [-0.3, -0.25) is 9.59 Å². The van der Waals surface area contributed by atoms with Gasteiger partial charge in [-0.15, -0.1) is 0 Å². The molecule has 0 unspecified atom stereocenters. The summed E-state index contributed by atoms with van der Waals surface area (Å²) in [6, 6.07) is 9.94. The Kier molecular flexibility index (Phi) is 7.49. The first kappa shape index (κ1) is 20.8. The summed E-state index contributed by atoms with van der Waals surface area (Å²) in [6.45, 7) is 4.45. The molecule has 0 spiro atoms. The molecule has 1 atom stereocenters. The molecule has 28 heavy (non-hydrogen) atoms. The lowest BCUT2D eigenvalue weighted by Gasteiger charge is -2.36. The maximum atomic E-state index is 12.8. The molecule has 0 aromatic heterocycles. The third kappa shape index (κ3) is 6.06. The molecule has 0 aliphatic carbocycles. The predicted molar refractivity (Wildman–Crippen MR) is 112 cm³/mol. The van der Waals surface area contributed by atoms with Crippen molar-refractivity contribution in [3.8, 4) is 0 Å². The summed E-state index contributed by atoms with van der Waals surface area (Å²) in [5, 5.41) is 0. The highest BCUT2D eigenvalue weighted by molar-refractivity contribution is 5.79. The average Bonchev–Trinajstić information content (AvgIpc) is 2.69. The Morgan fingerprint density at radius 3 is 2.32 bits per heavy atom. The Hall–Kier alpha value is -1.88. The summed E-state index contributed by atoms with van der Waals surface area (Å²) in [7, 11) is 4.21. The molecule has 3 rings (SSSR count). The van der Waals surface area contributed by atoms with Gasteiger partial charge < -0.3 is 14.7 Å². The van der Waals surface area contributed by atoms with Crippen molar-refractivity contribution >= 4 is 11.8 Å². The zero-order valence-electron chi connectivity index (χ0n) is 17.5. The highest BCUT2D eigenvalue weighted by atomic mass is 16.2. The molecular weight excluding hydrogens is 350 g/mol. The van der Waals surface area contributed by atoms with Crippen molar-refractivity contribution in [2.75, 3.05) is 46.8 Å². The van der Waals surface area contributed by atoms with Gasteiger partial charge in [0.2, 0.25) is 11.8 Å². The number of carbonyl (C=O) groups is 2. The number of carbonyl (C=O) groups excluding carboxylic acids is 2. The zero-order chi connectivity index (χ0) is 19.9. The fraction of sp³-hybridized carbons (Fsp3) is 0.652.